The van der Waals surface area contributed by atoms with Crippen molar-refractivity contribution in [1.29, 1.82) is 0 Å². The van der Waals surface area contributed by atoms with Gasteiger partial charge in [0.05, 0.1) is 12.0 Å². The van der Waals surface area contributed by atoms with Gasteiger partial charge >= 0.3 is 5.97 Å². The van der Waals surface area contributed by atoms with E-state index in [0.29, 0.717) is 5.69 Å². The average Bonchev–Trinajstić information content (AvgIpc) is 2.43. The van der Waals surface area contributed by atoms with Crippen molar-refractivity contribution in [1.82, 2.24) is 4.98 Å². The third-order valence-electron chi connectivity index (χ3n) is 3.55. The van der Waals surface area contributed by atoms with Crippen molar-refractivity contribution < 1.29 is 22.7 Å². The molecule has 7 heteroatoms. The molecule has 0 saturated carbocycles. The van der Waals surface area contributed by atoms with E-state index in [1.54, 1.807) is 6.92 Å². The predicted octanol–water partition coefficient (Wildman–Crippen LogP) is 2.54. The summed E-state index contributed by atoms with van der Waals surface area (Å²) in [6.07, 6.45) is -0.332. The van der Waals surface area contributed by atoms with Crippen molar-refractivity contribution in [2.75, 3.05) is 0 Å². The monoisotopic (exact) mass is 309 g/mol. The fourth-order valence-electron chi connectivity index (χ4n) is 2.59. The molecule has 1 aromatic carbocycles. The molecule has 0 bridgehead atoms. The molecule has 1 aliphatic heterocycles. The molecule has 4 nitrogen and oxygen atoms in total. The molecule has 1 atom stereocenters. The van der Waals surface area contributed by atoms with Crippen LogP contribution < -0.4 is 10.3 Å². The summed E-state index contributed by atoms with van der Waals surface area (Å²) in [6.45, 7) is 1.59. The first-order valence-corrected chi connectivity index (χ1v) is 6.46. The SMILES string of the molecule is Cc1cc2c(c(=O)[nH]1)[C@@H](c1ccc(F)c(F)c1F)CC(=O)O2. The largest absolute Gasteiger partial charge is 0.426 e. The minimum Gasteiger partial charge on any atom is -0.426 e. The van der Waals surface area contributed by atoms with Crippen molar-refractivity contribution in [3.05, 3.63) is 62.8 Å². The van der Waals surface area contributed by atoms with Crippen LogP contribution in [-0.4, -0.2) is 11.0 Å². The van der Waals surface area contributed by atoms with Crippen LogP contribution in [0.3, 0.4) is 0 Å². The summed E-state index contributed by atoms with van der Waals surface area (Å²) in [6, 6.07) is 3.22. The highest BCUT2D eigenvalue weighted by Crippen LogP contribution is 2.38. The second-order valence-electron chi connectivity index (χ2n) is 5.05. The van der Waals surface area contributed by atoms with Gasteiger partial charge in [0, 0.05) is 17.7 Å². The lowest BCUT2D eigenvalue weighted by Gasteiger charge is -2.24. The average molecular weight is 309 g/mol. The normalized spacial score (nSPS) is 17.1. The first kappa shape index (κ1) is 14.4. The Hall–Kier alpha value is -2.57. The van der Waals surface area contributed by atoms with Gasteiger partial charge in [-0.1, -0.05) is 6.07 Å². The van der Waals surface area contributed by atoms with E-state index in [2.05, 4.69) is 4.98 Å². The Balaban J connectivity index is 2.24. The van der Waals surface area contributed by atoms with Crippen molar-refractivity contribution in [3.8, 4) is 5.75 Å². The van der Waals surface area contributed by atoms with Gasteiger partial charge in [-0.2, -0.15) is 0 Å². The molecule has 3 rings (SSSR count). The number of H-pyrrole nitrogens is 1. The van der Waals surface area contributed by atoms with Gasteiger partial charge in [-0.15, -0.1) is 0 Å². The quantitative estimate of drug-likeness (QED) is 0.650. The molecule has 2 aromatic rings. The van der Waals surface area contributed by atoms with Crippen molar-refractivity contribution in [2.45, 2.75) is 19.3 Å². The van der Waals surface area contributed by atoms with Gasteiger partial charge in [0.25, 0.3) is 5.56 Å². The van der Waals surface area contributed by atoms with Crippen LogP contribution in [0.5, 0.6) is 5.75 Å². The number of hydrogen-bond donors (Lipinski definition) is 1. The molecule has 114 valence electrons. The van der Waals surface area contributed by atoms with Crippen LogP contribution in [0.4, 0.5) is 13.2 Å². The van der Waals surface area contributed by atoms with E-state index in [1.165, 1.54) is 6.07 Å². The number of aryl methyl sites for hydroxylation is 1. The van der Waals surface area contributed by atoms with E-state index in [-0.39, 0.29) is 23.3 Å². The minimum absolute atomic E-state index is 0.00614. The maximum absolute atomic E-state index is 14.0. The zero-order valence-electron chi connectivity index (χ0n) is 11.4. The smallest absolute Gasteiger partial charge is 0.312 e. The molecule has 2 heterocycles. The molecule has 22 heavy (non-hydrogen) atoms. The summed E-state index contributed by atoms with van der Waals surface area (Å²) in [5, 5.41) is 0. The number of carbonyl (C=O) groups is 1. The molecule has 0 saturated heterocycles. The fraction of sp³-hybridized carbons (Fsp3) is 0.200. The topological polar surface area (TPSA) is 59.2 Å². The summed E-state index contributed by atoms with van der Waals surface area (Å²) in [5.41, 5.74) is -0.333. The highest BCUT2D eigenvalue weighted by Gasteiger charge is 2.34. The zero-order valence-corrected chi connectivity index (χ0v) is 11.4. The molecular formula is C15H10F3NO3. The highest BCUT2D eigenvalue weighted by molar-refractivity contribution is 5.77. The van der Waals surface area contributed by atoms with Gasteiger partial charge in [0.2, 0.25) is 0 Å². The molecule has 1 N–H and O–H groups in total. The van der Waals surface area contributed by atoms with Crippen LogP contribution in [0.1, 0.15) is 29.2 Å². The molecule has 0 amide bonds. The number of pyridine rings is 1. The van der Waals surface area contributed by atoms with Crippen LogP contribution in [0.15, 0.2) is 23.0 Å². The Morgan fingerprint density at radius 2 is 1.91 bits per heavy atom. The number of aromatic nitrogens is 1. The lowest BCUT2D eigenvalue weighted by atomic mass is 9.86. The molecule has 0 aliphatic carbocycles. The van der Waals surface area contributed by atoms with E-state index >= 15 is 0 Å². The molecular weight excluding hydrogens is 299 g/mol. The van der Waals surface area contributed by atoms with Gasteiger partial charge in [-0.3, -0.25) is 9.59 Å². The number of hydrogen-bond acceptors (Lipinski definition) is 3. The Labute approximate surface area is 122 Å². The van der Waals surface area contributed by atoms with E-state index in [4.69, 9.17) is 4.74 Å². The Kier molecular flexibility index (Phi) is 3.27. The van der Waals surface area contributed by atoms with Gasteiger partial charge in [-0.25, -0.2) is 13.2 Å². The highest BCUT2D eigenvalue weighted by atomic mass is 19.2. The Morgan fingerprint density at radius 3 is 2.64 bits per heavy atom. The number of benzene rings is 1. The summed E-state index contributed by atoms with van der Waals surface area (Å²) in [7, 11) is 0. The number of halogens is 3. The molecule has 0 radical (unpaired) electrons. The van der Waals surface area contributed by atoms with Crippen LogP contribution >= 0.6 is 0 Å². The van der Waals surface area contributed by atoms with Crippen LogP contribution in [-0.2, 0) is 4.79 Å². The Bertz CT molecular complexity index is 845. The van der Waals surface area contributed by atoms with E-state index < -0.39 is 34.9 Å². The first-order chi connectivity index (χ1) is 10.4. The molecule has 1 aliphatic rings. The van der Waals surface area contributed by atoms with Gasteiger partial charge < -0.3 is 9.72 Å². The number of fused-ring (bicyclic) bond motifs is 1. The third kappa shape index (κ3) is 2.18. The number of nitrogens with one attached hydrogen (secondary N) is 1. The molecule has 0 unspecified atom stereocenters. The second kappa shape index (κ2) is 5.01. The summed E-state index contributed by atoms with van der Waals surface area (Å²) >= 11 is 0. The number of esters is 1. The molecule has 0 fully saturated rings. The van der Waals surface area contributed by atoms with E-state index in [9.17, 15) is 22.8 Å². The summed E-state index contributed by atoms with van der Waals surface area (Å²) < 4.78 is 45.5. The number of carbonyl (C=O) groups excluding carboxylic acids is 1. The maximum Gasteiger partial charge on any atom is 0.312 e. The summed E-state index contributed by atoms with van der Waals surface area (Å²) in [4.78, 5) is 26.3. The molecule has 0 spiro atoms. The lowest BCUT2D eigenvalue weighted by molar-refractivity contribution is -0.135. The summed E-state index contributed by atoms with van der Waals surface area (Å²) in [5.74, 6) is -6.08. The van der Waals surface area contributed by atoms with E-state index in [1.807, 2.05) is 0 Å². The van der Waals surface area contributed by atoms with Gasteiger partial charge in [0.15, 0.2) is 17.5 Å². The van der Waals surface area contributed by atoms with E-state index in [0.717, 1.165) is 12.1 Å². The zero-order chi connectivity index (χ0) is 16.0. The fourth-order valence-corrected chi connectivity index (χ4v) is 2.59. The van der Waals surface area contributed by atoms with Crippen molar-refractivity contribution in [2.24, 2.45) is 0 Å². The minimum atomic E-state index is -1.64. The van der Waals surface area contributed by atoms with Crippen LogP contribution in [0.2, 0.25) is 0 Å². The van der Waals surface area contributed by atoms with Gasteiger partial charge in [0.1, 0.15) is 5.75 Å². The second-order valence-corrected chi connectivity index (χ2v) is 5.05. The van der Waals surface area contributed by atoms with Crippen molar-refractivity contribution in [3.63, 3.8) is 0 Å². The van der Waals surface area contributed by atoms with Crippen molar-refractivity contribution >= 4 is 5.97 Å². The standard InChI is InChI=1S/C15H10F3NO3/c1-6-4-10-12(15(21)19-6)8(5-11(20)22-10)7-2-3-9(16)14(18)13(7)17/h2-4,8H,5H2,1H3,(H,19,21)/t8-/m1/s1. The van der Waals surface area contributed by atoms with Gasteiger partial charge in [-0.05, 0) is 18.6 Å². The number of rotatable bonds is 1. The third-order valence-corrected chi connectivity index (χ3v) is 3.55. The van der Waals surface area contributed by atoms with Crippen LogP contribution in [0, 0.1) is 24.4 Å². The van der Waals surface area contributed by atoms with Crippen LogP contribution in [0.25, 0.3) is 0 Å². The molecule has 1 aromatic heterocycles. The number of ether oxygens (including phenoxy) is 1. The lowest BCUT2D eigenvalue weighted by Crippen LogP contribution is -2.29. The first-order valence-electron chi connectivity index (χ1n) is 6.46. The number of aromatic amines is 1. The predicted molar refractivity (Wildman–Crippen MR) is 70.2 cm³/mol. The maximum atomic E-state index is 14.0. The Morgan fingerprint density at radius 1 is 1.18 bits per heavy atom.